The van der Waals surface area contributed by atoms with Crippen LogP contribution < -0.4 is 10.1 Å². The van der Waals surface area contributed by atoms with Crippen molar-refractivity contribution in [3.63, 3.8) is 0 Å². The molecule has 0 spiro atoms. The van der Waals surface area contributed by atoms with E-state index in [0.29, 0.717) is 24.2 Å². The second-order valence-electron chi connectivity index (χ2n) is 5.86. The Morgan fingerprint density at radius 2 is 2.27 bits per heavy atom. The summed E-state index contributed by atoms with van der Waals surface area (Å²) in [5.74, 6) is -0.242. The van der Waals surface area contributed by atoms with Gasteiger partial charge in [-0.05, 0) is 30.5 Å². The number of carbonyl (C=O) groups excluding carboxylic acids is 1. The molecule has 3 rings (SSSR count). The minimum absolute atomic E-state index is 0.0149. The lowest BCUT2D eigenvalue weighted by atomic mass is 9.96. The van der Waals surface area contributed by atoms with Crippen molar-refractivity contribution in [2.45, 2.75) is 31.4 Å². The van der Waals surface area contributed by atoms with Crippen molar-refractivity contribution < 1.29 is 23.8 Å². The second kappa shape index (κ2) is 6.22. The van der Waals surface area contributed by atoms with Crippen LogP contribution in [-0.2, 0) is 9.53 Å². The minimum Gasteiger partial charge on any atom is -0.490 e. The standard InChI is InChI=1S/C16H20FNO4/c1-21-8-14(19)10-6-11-13(18-16(20)9-2-3-9)4-5-22-15(11)12(17)7-10/h6-7,9,13-14,19H,2-5,8H2,1H3,(H,18,20). The van der Waals surface area contributed by atoms with Gasteiger partial charge in [0.15, 0.2) is 11.6 Å². The number of carbonyl (C=O) groups is 1. The van der Waals surface area contributed by atoms with Gasteiger partial charge in [-0.3, -0.25) is 4.79 Å². The largest absolute Gasteiger partial charge is 0.490 e. The van der Waals surface area contributed by atoms with Gasteiger partial charge in [-0.2, -0.15) is 0 Å². The molecule has 6 heteroatoms. The van der Waals surface area contributed by atoms with Crippen molar-refractivity contribution in [2.24, 2.45) is 5.92 Å². The summed E-state index contributed by atoms with van der Waals surface area (Å²) in [4.78, 5) is 12.0. The molecule has 2 atom stereocenters. The van der Waals surface area contributed by atoms with Crippen LogP contribution in [0.4, 0.5) is 4.39 Å². The zero-order valence-corrected chi connectivity index (χ0v) is 12.5. The number of benzene rings is 1. The van der Waals surface area contributed by atoms with Gasteiger partial charge in [0, 0.05) is 25.0 Å². The van der Waals surface area contributed by atoms with Crippen LogP contribution in [0.25, 0.3) is 0 Å². The summed E-state index contributed by atoms with van der Waals surface area (Å²) in [5, 5.41) is 13.0. The van der Waals surface area contributed by atoms with E-state index in [9.17, 15) is 14.3 Å². The van der Waals surface area contributed by atoms with Crippen molar-refractivity contribution in [3.05, 3.63) is 29.1 Å². The number of rotatable bonds is 5. The first-order chi connectivity index (χ1) is 10.6. The molecule has 5 nitrogen and oxygen atoms in total. The predicted octanol–water partition coefficient (Wildman–Crippen LogP) is 1.86. The van der Waals surface area contributed by atoms with Gasteiger partial charge in [-0.25, -0.2) is 4.39 Å². The quantitative estimate of drug-likeness (QED) is 0.871. The summed E-state index contributed by atoms with van der Waals surface area (Å²) < 4.78 is 24.5. The van der Waals surface area contributed by atoms with E-state index < -0.39 is 11.9 Å². The molecule has 1 fully saturated rings. The zero-order valence-electron chi connectivity index (χ0n) is 12.5. The SMILES string of the molecule is COCC(O)c1cc(F)c2c(c1)C(NC(=O)C1CC1)CCO2. The molecule has 2 aliphatic rings. The maximum atomic E-state index is 14.2. The number of methoxy groups -OCH3 is 1. The maximum Gasteiger partial charge on any atom is 0.223 e. The van der Waals surface area contributed by atoms with Gasteiger partial charge in [-0.1, -0.05) is 0 Å². The highest BCUT2D eigenvalue weighted by Gasteiger charge is 2.33. The molecule has 0 aromatic heterocycles. The van der Waals surface area contributed by atoms with E-state index >= 15 is 0 Å². The van der Waals surface area contributed by atoms with Gasteiger partial charge in [0.25, 0.3) is 0 Å². The Labute approximate surface area is 128 Å². The van der Waals surface area contributed by atoms with Crippen LogP contribution in [0.15, 0.2) is 12.1 Å². The topological polar surface area (TPSA) is 67.8 Å². The molecule has 1 aromatic rings. The van der Waals surface area contributed by atoms with E-state index in [4.69, 9.17) is 9.47 Å². The molecule has 1 aliphatic carbocycles. The summed E-state index contributed by atoms with van der Waals surface area (Å²) >= 11 is 0. The van der Waals surface area contributed by atoms with E-state index in [0.717, 1.165) is 12.8 Å². The number of amides is 1. The van der Waals surface area contributed by atoms with Gasteiger partial charge in [-0.15, -0.1) is 0 Å². The van der Waals surface area contributed by atoms with Crippen LogP contribution in [0.2, 0.25) is 0 Å². The molecular formula is C16H20FNO4. The zero-order chi connectivity index (χ0) is 15.7. The normalized spacial score (nSPS) is 21.7. The third kappa shape index (κ3) is 3.08. The molecule has 1 aliphatic heterocycles. The average molecular weight is 309 g/mol. The molecule has 1 aromatic carbocycles. The Bertz CT molecular complexity index is 574. The molecule has 120 valence electrons. The Kier molecular flexibility index (Phi) is 4.31. The van der Waals surface area contributed by atoms with E-state index in [-0.39, 0.29) is 30.2 Å². The first kappa shape index (κ1) is 15.2. The van der Waals surface area contributed by atoms with Crippen LogP contribution in [0, 0.1) is 11.7 Å². The number of ether oxygens (including phenoxy) is 2. The molecule has 1 amide bonds. The molecular weight excluding hydrogens is 289 g/mol. The Morgan fingerprint density at radius 1 is 1.50 bits per heavy atom. The first-order valence-electron chi connectivity index (χ1n) is 7.53. The third-order valence-corrected chi connectivity index (χ3v) is 4.10. The number of hydrogen-bond donors (Lipinski definition) is 2. The fourth-order valence-corrected chi connectivity index (χ4v) is 2.71. The number of halogens is 1. The van der Waals surface area contributed by atoms with Crippen LogP contribution in [0.3, 0.4) is 0 Å². The van der Waals surface area contributed by atoms with Crippen molar-refractivity contribution in [1.29, 1.82) is 0 Å². The van der Waals surface area contributed by atoms with Gasteiger partial charge in [0.05, 0.1) is 19.3 Å². The Balaban J connectivity index is 1.87. The highest BCUT2D eigenvalue weighted by molar-refractivity contribution is 5.81. The van der Waals surface area contributed by atoms with Gasteiger partial charge < -0.3 is 19.9 Å². The van der Waals surface area contributed by atoms with Gasteiger partial charge in [0.2, 0.25) is 5.91 Å². The van der Waals surface area contributed by atoms with Gasteiger partial charge in [0.1, 0.15) is 6.10 Å². The monoisotopic (exact) mass is 309 g/mol. The van der Waals surface area contributed by atoms with E-state index in [1.54, 1.807) is 6.07 Å². The lowest BCUT2D eigenvalue weighted by Gasteiger charge is -2.28. The number of aliphatic hydroxyl groups excluding tert-OH is 1. The average Bonchev–Trinajstić information content (AvgIpc) is 3.33. The van der Waals surface area contributed by atoms with Crippen molar-refractivity contribution >= 4 is 5.91 Å². The summed E-state index contributed by atoms with van der Waals surface area (Å²) in [6, 6.07) is 2.67. The lowest BCUT2D eigenvalue weighted by molar-refractivity contribution is -0.123. The number of fused-ring (bicyclic) bond motifs is 1. The Morgan fingerprint density at radius 3 is 2.95 bits per heavy atom. The Hall–Kier alpha value is -1.66. The summed E-state index contributed by atoms with van der Waals surface area (Å²) in [7, 11) is 1.47. The number of hydrogen-bond acceptors (Lipinski definition) is 4. The minimum atomic E-state index is -0.911. The van der Waals surface area contributed by atoms with E-state index in [1.807, 2.05) is 0 Å². The molecule has 2 N–H and O–H groups in total. The predicted molar refractivity (Wildman–Crippen MR) is 77.0 cm³/mol. The van der Waals surface area contributed by atoms with Crippen LogP contribution in [0.1, 0.15) is 42.5 Å². The van der Waals surface area contributed by atoms with Crippen molar-refractivity contribution in [1.82, 2.24) is 5.32 Å². The number of nitrogens with one attached hydrogen (secondary N) is 1. The molecule has 0 radical (unpaired) electrons. The summed E-state index contributed by atoms with van der Waals surface area (Å²) in [5.41, 5.74) is 1.01. The van der Waals surface area contributed by atoms with Crippen LogP contribution in [-0.4, -0.2) is 31.3 Å². The molecule has 0 bridgehead atoms. The molecule has 22 heavy (non-hydrogen) atoms. The maximum absolute atomic E-state index is 14.2. The molecule has 0 saturated heterocycles. The van der Waals surface area contributed by atoms with Crippen molar-refractivity contribution in [3.8, 4) is 5.75 Å². The van der Waals surface area contributed by atoms with E-state index in [1.165, 1.54) is 13.2 Å². The second-order valence-corrected chi connectivity index (χ2v) is 5.86. The number of aliphatic hydroxyl groups is 1. The fourth-order valence-electron chi connectivity index (χ4n) is 2.71. The van der Waals surface area contributed by atoms with Crippen LogP contribution >= 0.6 is 0 Å². The molecule has 1 saturated carbocycles. The van der Waals surface area contributed by atoms with E-state index in [2.05, 4.69) is 5.32 Å². The highest BCUT2D eigenvalue weighted by atomic mass is 19.1. The van der Waals surface area contributed by atoms with Gasteiger partial charge >= 0.3 is 0 Å². The summed E-state index contributed by atoms with van der Waals surface area (Å²) in [6.07, 6.45) is 1.52. The van der Waals surface area contributed by atoms with Crippen LogP contribution in [0.5, 0.6) is 5.75 Å². The summed E-state index contributed by atoms with van der Waals surface area (Å²) in [6.45, 7) is 0.442. The molecule has 2 unspecified atom stereocenters. The van der Waals surface area contributed by atoms with Crippen molar-refractivity contribution in [2.75, 3.05) is 20.3 Å². The first-order valence-corrected chi connectivity index (χ1v) is 7.53. The highest BCUT2D eigenvalue weighted by Crippen LogP contribution is 2.38. The molecule has 1 heterocycles. The lowest BCUT2D eigenvalue weighted by Crippen LogP contribution is -2.33. The third-order valence-electron chi connectivity index (χ3n) is 4.10. The smallest absolute Gasteiger partial charge is 0.223 e. The fraction of sp³-hybridized carbons (Fsp3) is 0.562.